The molecular formula is C13H17FN2O3. The Kier molecular flexibility index (Phi) is 4.86. The van der Waals surface area contributed by atoms with E-state index in [1.54, 1.807) is 7.05 Å². The number of carboxylic acid groups (broad SMARTS) is 1. The summed E-state index contributed by atoms with van der Waals surface area (Å²) in [6, 6.07) is 2.81. The van der Waals surface area contributed by atoms with Crippen molar-refractivity contribution >= 4 is 17.7 Å². The number of carbonyl (C=O) groups is 2. The van der Waals surface area contributed by atoms with Crippen molar-refractivity contribution in [3.05, 3.63) is 29.6 Å². The molecule has 19 heavy (non-hydrogen) atoms. The lowest BCUT2D eigenvalue weighted by Crippen LogP contribution is -2.38. The molecular weight excluding hydrogens is 251 g/mol. The maximum Gasteiger partial charge on any atom is 0.337 e. The van der Waals surface area contributed by atoms with Crippen LogP contribution in [0.1, 0.15) is 30.6 Å². The minimum Gasteiger partial charge on any atom is -0.478 e. The van der Waals surface area contributed by atoms with Crippen molar-refractivity contribution in [1.29, 1.82) is 0 Å². The second kappa shape index (κ2) is 6.17. The van der Waals surface area contributed by atoms with Gasteiger partial charge in [-0.1, -0.05) is 6.92 Å². The van der Waals surface area contributed by atoms with Crippen LogP contribution < -0.4 is 5.32 Å². The van der Waals surface area contributed by atoms with Crippen LogP contribution >= 0.6 is 0 Å². The first-order chi connectivity index (χ1) is 8.86. The molecule has 0 aliphatic carbocycles. The van der Waals surface area contributed by atoms with E-state index < -0.39 is 17.8 Å². The molecule has 1 unspecified atom stereocenters. The van der Waals surface area contributed by atoms with Crippen LogP contribution in [0.4, 0.5) is 14.9 Å². The Morgan fingerprint density at radius 2 is 2.11 bits per heavy atom. The van der Waals surface area contributed by atoms with Crippen molar-refractivity contribution in [1.82, 2.24) is 4.90 Å². The highest BCUT2D eigenvalue weighted by atomic mass is 19.1. The number of hydrogen-bond acceptors (Lipinski definition) is 2. The Bertz CT molecular complexity index is 491. The van der Waals surface area contributed by atoms with Gasteiger partial charge in [-0.2, -0.15) is 0 Å². The molecule has 0 saturated heterocycles. The summed E-state index contributed by atoms with van der Waals surface area (Å²) in [7, 11) is 1.62. The normalized spacial score (nSPS) is 11.8. The predicted molar refractivity (Wildman–Crippen MR) is 69.9 cm³/mol. The van der Waals surface area contributed by atoms with Gasteiger partial charge in [0.1, 0.15) is 5.82 Å². The quantitative estimate of drug-likeness (QED) is 0.882. The summed E-state index contributed by atoms with van der Waals surface area (Å²) < 4.78 is 13.0. The van der Waals surface area contributed by atoms with E-state index in [0.29, 0.717) is 0 Å². The van der Waals surface area contributed by atoms with Gasteiger partial charge in [0, 0.05) is 13.1 Å². The van der Waals surface area contributed by atoms with Crippen molar-refractivity contribution in [2.45, 2.75) is 26.3 Å². The summed E-state index contributed by atoms with van der Waals surface area (Å²) in [6.45, 7) is 3.82. The SMILES string of the molecule is CCC(C)N(C)C(=O)Nc1ccc(F)cc1C(=O)O. The number of halogens is 1. The maximum atomic E-state index is 13.0. The summed E-state index contributed by atoms with van der Waals surface area (Å²) in [4.78, 5) is 24.4. The van der Waals surface area contributed by atoms with Gasteiger partial charge in [0.25, 0.3) is 0 Å². The maximum absolute atomic E-state index is 13.0. The zero-order chi connectivity index (χ0) is 14.6. The Labute approximate surface area is 111 Å². The number of carbonyl (C=O) groups excluding carboxylic acids is 1. The van der Waals surface area contributed by atoms with Gasteiger partial charge >= 0.3 is 12.0 Å². The van der Waals surface area contributed by atoms with Gasteiger partial charge in [0.2, 0.25) is 0 Å². The van der Waals surface area contributed by atoms with E-state index in [9.17, 15) is 14.0 Å². The first kappa shape index (κ1) is 14.9. The van der Waals surface area contributed by atoms with Crippen molar-refractivity contribution in [2.24, 2.45) is 0 Å². The molecule has 104 valence electrons. The molecule has 2 amide bonds. The van der Waals surface area contributed by atoms with Gasteiger partial charge in [-0.15, -0.1) is 0 Å². The molecule has 0 spiro atoms. The van der Waals surface area contributed by atoms with Crippen LogP contribution in [0.3, 0.4) is 0 Å². The topological polar surface area (TPSA) is 69.6 Å². The molecule has 0 bridgehead atoms. The van der Waals surface area contributed by atoms with Gasteiger partial charge in [-0.25, -0.2) is 14.0 Å². The van der Waals surface area contributed by atoms with Crippen LogP contribution in [0.15, 0.2) is 18.2 Å². The van der Waals surface area contributed by atoms with Crippen molar-refractivity contribution in [2.75, 3.05) is 12.4 Å². The highest BCUT2D eigenvalue weighted by Gasteiger charge is 2.18. The van der Waals surface area contributed by atoms with E-state index in [-0.39, 0.29) is 17.3 Å². The van der Waals surface area contributed by atoms with Crippen LogP contribution in [-0.4, -0.2) is 35.1 Å². The zero-order valence-electron chi connectivity index (χ0n) is 11.1. The van der Waals surface area contributed by atoms with Crippen molar-refractivity contribution in [3.63, 3.8) is 0 Å². The van der Waals surface area contributed by atoms with Gasteiger partial charge in [0.15, 0.2) is 0 Å². The highest BCUT2D eigenvalue weighted by molar-refractivity contribution is 6.00. The van der Waals surface area contributed by atoms with Crippen molar-refractivity contribution in [3.8, 4) is 0 Å². The molecule has 0 saturated carbocycles. The molecule has 0 aliphatic rings. The fraction of sp³-hybridized carbons (Fsp3) is 0.385. The Balaban J connectivity index is 2.94. The molecule has 0 heterocycles. The van der Waals surface area contributed by atoms with Crippen LogP contribution in [0, 0.1) is 5.82 Å². The summed E-state index contributed by atoms with van der Waals surface area (Å²) in [5, 5.41) is 11.4. The van der Waals surface area contributed by atoms with Gasteiger partial charge < -0.3 is 15.3 Å². The lowest BCUT2D eigenvalue weighted by molar-refractivity contribution is 0.0697. The first-order valence-electron chi connectivity index (χ1n) is 5.93. The molecule has 0 radical (unpaired) electrons. The molecule has 5 nitrogen and oxygen atoms in total. The fourth-order valence-electron chi connectivity index (χ4n) is 1.48. The Hall–Kier alpha value is -2.11. The zero-order valence-corrected chi connectivity index (χ0v) is 11.1. The number of urea groups is 1. The molecule has 1 rings (SSSR count). The molecule has 1 aromatic carbocycles. The average molecular weight is 268 g/mol. The molecule has 0 fully saturated rings. The van der Waals surface area contributed by atoms with Crippen LogP contribution in [-0.2, 0) is 0 Å². The third-order valence-electron chi connectivity index (χ3n) is 3.03. The minimum atomic E-state index is -1.29. The van der Waals surface area contributed by atoms with E-state index >= 15 is 0 Å². The number of rotatable bonds is 4. The van der Waals surface area contributed by atoms with Gasteiger partial charge in [-0.05, 0) is 31.5 Å². The number of benzene rings is 1. The average Bonchev–Trinajstić information content (AvgIpc) is 2.38. The van der Waals surface area contributed by atoms with E-state index in [0.717, 1.165) is 18.6 Å². The van der Waals surface area contributed by atoms with Crippen LogP contribution in [0.25, 0.3) is 0 Å². The fourth-order valence-corrected chi connectivity index (χ4v) is 1.48. The second-order valence-electron chi connectivity index (χ2n) is 4.29. The Morgan fingerprint density at radius 3 is 2.63 bits per heavy atom. The third kappa shape index (κ3) is 3.67. The highest BCUT2D eigenvalue weighted by Crippen LogP contribution is 2.18. The summed E-state index contributed by atoms with van der Waals surface area (Å²) in [5.41, 5.74) is -0.194. The molecule has 2 N–H and O–H groups in total. The molecule has 6 heteroatoms. The van der Waals surface area contributed by atoms with Crippen molar-refractivity contribution < 1.29 is 19.1 Å². The smallest absolute Gasteiger partial charge is 0.337 e. The van der Waals surface area contributed by atoms with E-state index in [1.807, 2.05) is 13.8 Å². The monoisotopic (exact) mass is 268 g/mol. The number of amides is 2. The number of aromatic carboxylic acids is 1. The summed E-state index contributed by atoms with van der Waals surface area (Å²) in [6.07, 6.45) is 0.777. The second-order valence-corrected chi connectivity index (χ2v) is 4.29. The Morgan fingerprint density at radius 1 is 1.47 bits per heavy atom. The number of hydrogen-bond donors (Lipinski definition) is 2. The largest absolute Gasteiger partial charge is 0.478 e. The van der Waals surface area contributed by atoms with Crippen LogP contribution in [0.2, 0.25) is 0 Å². The minimum absolute atomic E-state index is 0.0220. The van der Waals surface area contributed by atoms with E-state index in [1.165, 1.54) is 11.0 Å². The van der Waals surface area contributed by atoms with E-state index in [4.69, 9.17) is 5.11 Å². The lowest BCUT2D eigenvalue weighted by Gasteiger charge is -2.24. The van der Waals surface area contributed by atoms with Gasteiger partial charge in [0.05, 0.1) is 11.3 Å². The predicted octanol–water partition coefficient (Wildman–Crippen LogP) is 2.79. The number of carboxylic acids is 1. The number of nitrogens with one attached hydrogen (secondary N) is 1. The third-order valence-corrected chi connectivity index (χ3v) is 3.03. The summed E-state index contributed by atoms with van der Waals surface area (Å²) in [5.74, 6) is -1.95. The first-order valence-corrected chi connectivity index (χ1v) is 5.93. The number of nitrogens with zero attached hydrogens (tertiary/aromatic N) is 1. The van der Waals surface area contributed by atoms with Gasteiger partial charge in [-0.3, -0.25) is 0 Å². The summed E-state index contributed by atoms with van der Waals surface area (Å²) >= 11 is 0. The lowest BCUT2D eigenvalue weighted by atomic mass is 10.1. The molecule has 0 aliphatic heterocycles. The molecule has 1 atom stereocenters. The molecule has 0 aromatic heterocycles. The number of anilines is 1. The van der Waals surface area contributed by atoms with Crippen LogP contribution in [0.5, 0.6) is 0 Å². The van der Waals surface area contributed by atoms with E-state index in [2.05, 4.69) is 5.32 Å². The standard InChI is InChI=1S/C13H17FN2O3/c1-4-8(2)16(3)13(19)15-11-6-5-9(14)7-10(11)12(17)18/h5-8H,4H2,1-3H3,(H,15,19)(H,17,18). The molecule has 1 aromatic rings.